The molecule has 0 amide bonds. The second-order valence-electron chi connectivity index (χ2n) is 1.01. The van der Waals surface area contributed by atoms with Crippen LogP contribution in [0.4, 0.5) is 0 Å². The summed E-state index contributed by atoms with van der Waals surface area (Å²) in [7, 11) is 0. The molecule has 4 heteroatoms. The molecule has 0 spiro atoms. The van der Waals surface area contributed by atoms with Crippen LogP contribution >= 0.6 is 0 Å². The minimum Gasteiger partial charge on any atom is -0.483 e. The first-order valence-electron chi connectivity index (χ1n) is 2.19. The average Bonchev–Trinajstić information content (AvgIpc) is 1.93. The van der Waals surface area contributed by atoms with Crippen LogP contribution in [0.15, 0.2) is 24.8 Å². The van der Waals surface area contributed by atoms with Crippen LogP contribution in [-0.2, 0) is 4.79 Å². The van der Waals surface area contributed by atoms with Gasteiger partial charge in [0.2, 0.25) is 0 Å². The van der Waals surface area contributed by atoms with E-state index in [4.69, 9.17) is 9.90 Å². The van der Waals surface area contributed by atoms with E-state index in [9.17, 15) is 0 Å². The Morgan fingerprint density at radius 3 is 1.89 bits per heavy atom. The van der Waals surface area contributed by atoms with Gasteiger partial charge in [-0.25, -0.2) is 9.97 Å². The Kier molecular flexibility index (Phi) is 5.49. The maximum Gasteiger partial charge on any atom is 0.290 e. The summed E-state index contributed by atoms with van der Waals surface area (Å²) in [5, 5.41) is 6.89. The molecule has 0 saturated carbocycles. The molecule has 0 saturated heterocycles. The van der Waals surface area contributed by atoms with Gasteiger partial charge in [-0.15, -0.1) is 0 Å². The fraction of sp³-hybridized carbons (Fsp3) is 0. The highest BCUT2D eigenvalue weighted by Gasteiger charge is 1.59. The van der Waals surface area contributed by atoms with Crippen molar-refractivity contribution in [1.82, 2.24) is 9.97 Å². The lowest BCUT2D eigenvalue weighted by atomic mass is 10.7. The van der Waals surface area contributed by atoms with Crippen LogP contribution in [0.5, 0.6) is 0 Å². The van der Waals surface area contributed by atoms with Gasteiger partial charge in [0.05, 0.1) is 0 Å². The molecule has 48 valence electrons. The third-order valence-corrected chi connectivity index (χ3v) is 0.478. The Morgan fingerprint density at radius 1 is 1.33 bits per heavy atom. The quantitative estimate of drug-likeness (QED) is 0.503. The van der Waals surface area contributed by atoms with Gasteiger partial charge >= 0.3 is 0 Å². The normalized spacial score (nSPS) is 6.67. The number of hydrogen-bond donors (Lipinski definition) is 1. The van der Waals surface area contributed by atoms with E-state index in [0.717, 1.165) is 0 Å². The lowest BCUT2D eigenvalue weighted by Gasteiger charge is -1.70. The molecular formula is C5H6N2O2. The molecule has 0 aliphatic rings. The third kappa shape index (κ3) is 6.55. The van der Waals surface area contributed by atoms with Crippen LogP contribution in [0.3, 0.4) is 0 Å². The monoisotopic (exact) mass is 126 g/mol. The van der Waals surface area contributed by atoms with Gasteiger partial charge in [0, 0.05) is 12.4 Å². The van der Waals surface area contributed by atoms with E-state index in [1.807, 2.05) is 0 Å². The van der Waals surface area contributed by atoms with E-state index in [1.165, 1.54) is 6.33 Å². The lowest BCUT2D eigenvalue weighted by Crippen LogP contribution is -1.66. The predicted octanol–water partition coefficient (Wildman–Crippen LogP) is 0.177. The molecule has 0 aliphatic heterocycles. The summed E-state index contributed by atoms with van der Waals surface area (Å²) >= 11 is 0. The summed E-state index contributed by atoms with van der Waals surface area (Å²) in [6, 6.07) is 1.78. The van der Waals surface area contributed by atoms with Crippen LogP contribution in [0.2, 0.25) is 0 Å². The highest BCUT2D eigenvalue weighted by Crippen LogP contribution is 1.66. The Balaban J connectivity index is 0.000000187. The molecule has 0 aromatic carbocycles. The molecular weight excluding hydrogens is 120 g/mol. The summed E-state index contributed by atoms with van der Waals surface area (Å²) in [5.74, 6) is 0. The summed E-state index contributed by atoms with van der Waals surface area (Å²) in [4.78, 5) is 15.7. The molecule has 9 heavy (non-hydrogen) atoms. The van der Waals surface area contributed by atoms with Crippen molar-refractivity contribution in [2.45, 2.75) is 0 Å². The van der Waals surface area contributed by atoms with Crippen LogP contribution in [0.25, 0.3) is 0 Å². The van der Waals surface area contributed by atoms with Crippen molar-refractivity contribution >= 4 is 6.47 Å². The van der Waals surface area contributed by atoms with Crippen molar-refractivity contribution in [2.75, 3.05) is 0 Å². The zero-order valence-corrected chi connectivity index (χ0v) is 4.64. The summed E-state index contributed by atoms with van der Waals surface area (Å²) in [6.45, 7) is -0.250. The highest BCUT2D eigenvalue weighted by atomic mass is 16.3. The van der Waals surface area contributed by atoms with Crippen molar-refractivity contribution in [3.8, 4) is 0 Å². The second-order valence-corrected chi connectivity index (χ2v) is 1.01. The van der Waals surface area contributed by atoms with Crippen LogP contribution in [0.1, 0.15) is 0 Å². The molecule has 1 N–H and O–H groups in total. The van der Waals surface area contributed by atoms with Gasteiger partial charge in [-0.1, -0.05) is 0 Å². The van der Waals surface area contributed by atoms with Gasteiger partial charge in [0.1, 0.15) is 6.33 Å². The average molecular weight is 126 g/mol. The molecule has 1 aromatic rings. The van der Waals surface area contributed by atoms with Crippen molar-refractivity contribution in [3.63, 3.8) is 0 Å². The van der Waals surface area contributed by atoms with Crippen molar-refractivity contribution in [1.29, 1.82) is 0 Å². The topological polar surface area (TPSA) is 63.1 Å². The van der Waals surface area contributed by atoms with Gasteiger partial charge < -0.3 is 5.11 Å². The van der Waals surface area contributed by atoms with E-state index < -0.39 is 0 Å². The molecule has 0 fully saturated rings. The molecule has 1 aromatic heterocycles. The van der Waals surface area contributed by atoms with E-state index in [-0.39, 0.29) is 6.47 Å². The van der Waals surface area contributed by atoms with Gasteiger partial charge in [-0.05, 0) is 6.07 Å². The van der Waals surface area contributed by atoms with E-state index in [0.29, 0.717) is 0 Å². The van der Waals surface area contributed by atoms with Crippen molar-refractivity contribution < 1.29 is 9.90 Å². The molecule has 0 aliphatic carbocycles. The highest BCUT2D eigenvalue weighted by molar-refractivity contribution is 5.32. The minimum atomic E-state index is -0.250. The first-order valence-corrected chi connectivity index (χ1v) is 2.19. The maximum atomic E-state index is 8.36. The van der Waals surface area contributed by atoms with Crippen LogP contribution in [-0.4, -0.2) is 21.5 Å². The number of aromatic nitrogens is 2. The number of nitrogens with zero attached hydrogens (tertiary/aromatic N) is 2. The van der Waals surface area contributed by atoms with Crippen molar-refractivity contribution in [3.05, 3.63) is 24.8 Å². The molecule has 1 rings (SSSR count). The van der Waals surface area contributed by atoms with Gasteiger partial charge in [0.15, 0.2) is 0 Å². The smallest absolute Gasteiger partial charge is 0.290 e. The Bertz CT molecular complexity index is 116. The Labute approximate surface area is 52.2 Å². The Morgan fingerprint density at radius 2 is 1.78 bits per heavy atom. The largest absolute Gasteiger partial charge is 0.483 e. The molecule has 0 radical (unpaired) electrons. The molecule has 4 nitrogen and oxygen atoms in total. The summed E-state index contributed by atoms with van der Waals surface area (Å²) in [6.07, 6.45) is 4.88. The Hall–Kier alpha value is -1.45. The van der Waals surface area contributed by atoms with Gasteiger partial charge in [-0.2, -0.15) is 0 Å². The fourth-order valence-corrected chi connectivity index (χ4v) is 0.253. The third-order valence-electron chi connectivity index (χ3n) is 0.478. The summed E-state index contributed by atoms with van der Waals surface area (Å²) < 4.78 is 0. The first-order chi connectivity index (χ1) is 4.41. The van der Waals surface area contributed by atoms with Crippen LogP contribution < -0.4 is 0 Å². The van der Waals surface area contributed by atoms with Crippen molar-refractivity contribution in [2.24, 2.45) is 0 Å². The lowest BCUT2D eigenvalue weighted by molar-refractivity contribution is -0.122. The van der Waals surface area contributed by atoms with Gasteiger partial charge in [0.25, 0.3) is 6.47 Å². The number of carbonyl (C=O) groups is 1. The number of hydrogen-bond acceptors (Lipinski definition) is 3. The zero-order chi connectivity index (χ0) is 6.95. The minimum absolute atomic E-state index is 0.250. The second kappa shape index (κ2) is 6.55. The predicted molar refractivity (Wildman–Crippen MR) is 30.7 cm³/mol. The van der Waals surface area contributed by atoms with E-state index in [2.05, 4.69) is 9.97 Å². The van der Waals surface area contributed by atoms with Gasteiger partial charge in [-0.3, -0.25) is 4.79 Å². The number of carboxylic acid groups (broad SMARTS) is 1. The van der Waals surface area contributed by atoms with E-state index >= 15 is 0 Å². The van der Waals surface area contributed by atoms with Crippen LogP contribution in [0, 0.1) is 0 Å². The molecule has 0 atom stereocenters. The molecule has 1 heterocycles. The standard InChI is InChI=1S/C4H4N2.CH2O2/c1-2-5-4-6-3-1;2-1-3/h1-4H;1H,(H,2,3). The number of rotatable bonds is 0. The first kappa shape index (κ1) is 7.55. The summed E-state index contributed by atoms with van der Waals surface area (Å²) in [5.41, 5.74) is 0. The SMILES string of the molecule is O=CO.c1cncnc1. The van der Waals surface area contributed by atoms with E-state index in [1.54, 1.807) is 18.5 Å². The maximum absolute atomic E-state index is 8.36. The zero-order valence-electron chi connectivity index (χ0n) is 4.64. The fourth-order valence-electron chi connectivity index (χ4n) is 0.253. The molecule has 0 bridgehead atoms. The molecule has 0 unspecified atom stereocenters.